The quantitative estimate of drug-likeness (QED) is 0.832. The van der Waals surface area contributed by atoms with Gasteiger partial charge in [-0.2, -0.15) is 0 Å². The van der Waals surface area contributed by atoms with Gasteiger partial charge >= 0.3 is 5.97 Å². The van der Waals surface area contributed by atoms with Crippen molar-refractivity contribution in [2.45, 2.75) is 39.2 Å². The number of aromatic nitrogens is 2. The molecule has 2 rings (SSSR count). The van der Waals surface area contributed by atoms with E-state index in [0.29, 0.717) is 17.3 Å². The molecule has 1 aliphatic carbocycles. The van der Waals surface area contributed by atoms with Crippen LogP contribution in [-0.4, -0.2) is 29.1 Å². The van der Waals surface area contributed by atoms with Crippen molar-refractivity contribution in [2.75, 3.05) is 12.4 Å². The van der Waals surface area contributed by atoms with Crippen molar-refractivity contribution in [3.05, 3.63) is 18.1 Å². The van der Waals surface area contributed by atoms with Crippen molar-refractivity contribution >= 4 is 11.8 Å². The number of hydrogen-bond acceptors (Lipinski definition) is 5. The second-order valence-corrected chi connectivity index (χ2v) is 5.53. The fourth-order valence-electron chi connectivity index (χ4n) is 2.41. The molecule has 5 nitrogen and oxygen atoms in total. The first-order chi connectivity index (χ1) is 8.50. The lowest BCUT2D eigenvalue weighted by molar-refractivity contribution is 0.0593. The van der Waals surface area contributed by atoms with E-state index in [0.717, 1.165) is 12.8 Å². The normalized spacial score (nSPS) is 21.6. The lowest BCUT2D eigenvalue weighted by atomic mass is 9.92. The van der Waals surface area contributed by atoms with E-state index in [1.54, 1.807) is 6.20 Å². The molecular formula is C13H19N3O2. The van der Waals surface area contributed by atoms with Gasteiger partial charge in [-0.1, -0.05) is 13.8 Å². The number of carbonyl (C=O) groups excluding carboxylic acids is 1. The van der Waals surface area contributed by atoms with Gasteiger partial charge in [0.1, 0.15) is 5.82 Å². The minimum Gasteiger partial charge on any atom is -0.464 e. The van der Waals surface area contributed by atoms with Gasteiger partial charge in [0.25, 0.3) is 0 Å². The Morgan fingerprint density at radius 1 is 1.50 bits per heavy atom. The number of anilines is 1. The zero-order valence-electron chi connectivity index (χ0n) is 11.1. The topological polar surface area (TPSA) is 64.1 Å². The van der Waals surface area contributed by atoms with Gasteiger partial charge in [-0.05, 0) is 24.7 Å². The van der Waals surface area contributed by atoms with E-state index in [-0.39, 0.29) is 5.69 Å². The number of carbonyl (C=O) groups is 1. The summed E-state index contributed by atoms with van der Waals surface area (Å²) in [5.74, 6) is 0.179. The minimum absolute atomic E-state index is 0.236. The lowest BCUT2D eigenvalue weighted by Gasteiger charge is -2.18. The Kier molecular flexibility index (Phi) is 3.50. The van der Waals surface area contributed by atoms with Gasteiger partial charge in [-0.15, -0.1) is 0 Å². The van der Waals surface area contributed by atoms with Crippen LogP contribution in [0.2, 0.25) is 0 Å². The Hall–Kier alpha value is -1.65. The van der Waals surface area contributed by atoms with Gasteiger partial charge in [-0.25, -0.2) is 9.78 Å². The number of methoxy groups -OCH3 is 1. The third kappa shape index (κ3) is 2.97. The van der Waals surface area contributed by atoms with Gasteiger partial charge in [-0.3, -0.25) is 4.98 Å². The highest BCUT2D eigenvalue weighted by Crippen LogP contribution is 2.37. The van der Waals surface area contributed by atoms with Crippen LogP contribution in [0.15, 0.2) is 12.4 Å². The average Bonchev–Trinajstić information content (AvgIpc) is 2.68. The molecular weight excluding hydrogens is 230 g/mol. The molecule has 1 N–H and O–H groups in total. The van der Waals surface area contributed by atoms with Crippen LogP contribution >= 0.6 is 0 Å². The SMILES string of the molecule is COC(=O)c1cncc(NC2CCC(C)(C)C2)n1. The molecule has 18 heavy (non-hydrogen) atoms. The molecule has 0 saturated heterocycles. The molecule has 1 saturated carbocycles. The fourth-order valence-corrected chi connectivity index (χ4v) is 2.41. The summed E-state index contributed by atoms with van der Waals surface area (Å²) >= 11 is 0. The first-order valence-corrected chi connectivity index (χ1v) is 6.17. The molecule has 0 aromatic carbocycles. The van der Waals surface area contributed by atoms with Gasteiger partial charge in [0.05, 0.1) is 19.5 Å². The number of rotatable bonds is 3. The molecule has 0 bridgehead atoms. The van der Waals surface area contributed by atoms with Crippen LogP contribution in [0.4, 0.5) is 5.82 Å². The van der Waals surface area contributed by atoms with Crippen LogP contribution in [0, 0.1) is 5.41 Å². The molecule has 0 aliphatic heterocycles. The van der Waals surface area contributed by atoms with Crippen molar-refractivity contribution < 1.29 is 9.53 Å². The lowest BCUT2D eigenvalue weighted by Crippen LogP contribution is -2.19. The molecule has 1 unspecified atom stereocenters. The van der Waals surface area contributed by atoms with E-state index in [9.17, 15) is 4.79 Å². The van der Waals surface area contributed by atoms with Gasteiger partial charge in [0.2, 0.25) is 0 Å². The van der Waals surface area contributed by atoms with Crippen LogP contribution in [0.5, 0.6) is 0 Å². The molecule has 0 radical (unpaired) electrons. The standard InChI is InChI=1S/C13H19N3O2/c1-13(2)5-4-9(6-13)15-11-8-14-7-10(16-11)12(17)18-3/h7-9H,4-6H2,1-3H3,(H,15,16). The zero-order chi connectivity index (χ0) is 13.2. The maximum Gasteiger partial charge on any atom is 0.358 e. The summed E-state index contributed by atoms with van der Waals surface area (Å²) in [6, 6.07) is 0.405. The Labute approximate surface area is 107 Å². The number of ether oxygens (including phenoxy) is 1. The minimum atomic E-state index is -0.460. The molecule has 1 heterocycles. The number of nitrogens with zero attached hydrogens (tertiary/aromatic N) is 2. The highest BCUT2D eigenvalue weighted by molar-refractivity contribution is 5.87. The van der Waals surface area contributed by atoms with E-state index >= 15 is 0 Å². The number of nitrogens with one attached hydrogen (secondary N) is 1. The Balaban J connectivity index is 2.04. The van der Waals surface area contributed by atoms with Crippen LogP contribution in [0.3, 0.4) is 0 Å². The molecule has 0 spiro atoms. The Morgan fingerprint density at radius 2 is 2.28 bits per heavy atom. The fraction of sp³-hybridized carbons (Fsp3) is 0.615. The first kappa shape index (κ1) is 12.8. The summed E-state index contributed by atoms with van der Waals surface area (Å²) in [6.07, 6.45) is 6.48. The maximum atomic E-state index is 11.4. The number of hydrogen-bond donors (Lipinski definition) is 1. The van der Waals surface area contributed by atoms with Crippen LogP contribution in [0.25, 0.3) is 0 Å². The zero-order valence-corrected chi connectivity index (χ0v) is 11.1. The first-order valence-electron chi connectivity index (χ1n) is 6.17. The monoisotopic (exact) mass is 249 g/mol. The summed E-state index contributed by atoms with van der Waals surface area (Å²) in [5.41, 5.74) is 0.616. The van der Waals surface area contributed by atoms with E-state index < -0.39 is 5.97 Å². The summed E-state index contributed by atoms with van der Waals surface area (Å²) < 4.78 is 4.63. The van der Waals surface area contributed by atoms with E-state index in [2.05, 4.69) is 33.9 Å². The molecule has 1 aromatic rings. The highest BCUT2D eigenvalue weighted by Gasteiger charge is 2.31. The third-order valence-corrected chi connectivity index (χ3v) is 3.35. The van der Waals surface area contributed by atoms with Crippen molar-refractivity contribution in [3.63, 3.8) is 0 Å². The molecule has 0 amide bonds. The molecule has 1 atom stereocenters. The van der Waals surface area contributed by atoms with Crippen molar-refractivity contribution in [3.8, 4) is 0 Å². The Morgan fingerprint density at radius 3 is 2.89 bits per heavy atom. The largest absolute Gasteiger partial charge is 0.464 e. The van der Waals surface area contributed by atoms with Gasteiger partial charge < -0.3 is 10.1 Å². The van der Waals surface area contributed by atoms with E-state index in [1.165, 1.54) is 19.7 Å². The highest BCUT2D eigenvalue weighted by atomic mass is 16.5. The summed E-state index contributed by atoms with van der Waals surface area (Å²) in [7, 11) is 1.34. The van der Waals surface area contributed by atoms with Crippen LogP contribution in [-0.2, 0) is 4.74 Å². The van der Waals surface area contributed by atoms with E-state index in [4.69, 9.17) is 0 Å². The number of esters is 1. The van der Waals surface area contributed by atoms with Crippen molar-refractivity contribution in [2.24, 2.45) is 5.41 Å². The second kappa shape index (κ2) is 4.92. The van der Waals surface area contributed by atoms with Crippen molar-refractivity contribution in [1.29, 1.82) is 0 Å². The third-order valence-electron chi connectivity index (χ3n) is 3.35. The molecule has 98 valence electrons. The summed E-state index contributed by atoms with van der Waals surface area (Å²) in [4.78, 5) is 19.6. The summed E-state index contributed by atoms with van der Waals surface area (Å²) in [6.45, 7) is 4.54. The van der Waals surface area contributed by atoms with Gasteiger partial charge in [0.15, 0.2) is 5.69 Å². The van der Waals surface area contributed by atoms with Gasteiger partial charge in [0, 0.05) is 6.04 Å². The van der Waals surface area contributed by atoms with Crippen LogP contribution in [0.1, 0.15) is 43.6 Å². The molecule has 1 aliphatic rings. The predicted molar refractivity (Wildman–Crippen MR) is 68.4 cm³/mol. The Bertz CT molecular complexity index is 446. The molecule has 1 fully saturated rings. The van der Waals surface area contributed by atoms with E-state index in [1.807, 2.05) is 0 Å². The molecule has 5 heteroatoms. The molecule has 1 aromatic heterocycles. The van der Waals surface area contributed by atoms with Crippen LogP contribution < -0.4 is 5.32 Å². The summed E-state index contributed by atoms with van der Waals surface area (Å²) in [5, 5.41) is 3.33. The average molecular weight is 249 g/mol. The maximum absolute atomic E-state index is 11.4. The smallest absolute Gasteiger partial charge is 0.358 e. The van der Waals surface area contributed by atoms with Crippen molar-refractivity contribution in [1.82, 2.24) is 9.97 Å². The second-order valence-electron chi connectivity index (χ2n) is 5.53. The predicted octanol–water partition coefficient (Wildman–Crippen LogP) is 2.25.